The largest absolute Gasteiger partial charge is 0.309 e. The first kappa shape index (κ1) is 53.4. The van der Waals surface area contributed by atoms with Gasteiger partial charge in [-0.15, -0.1) is 0 Å². The van der Waals surface area contributed by atoms with Crippen molar-refractivity contribution in [2.75, 3.05) is 0 Å². The molecule has 0 aliphatic heterocycles. The Morgan fingerprint density at radius 2 is 0.644 bits per heavy atom. The molecule has 0 saturated carbocycles. The minimum atomic E-state index is 0.451. The van der Waals surface area contributed by atoms with Gasteiger partial charge in [0.1, 0.15) is 6.07 Å². The smallest absolute Gasteiger partial charge is 0.187 e. The SMILES string of the molecule is [C-]#[N+]c1ccc(-c2ccc3c(c2)c2cc(-c4ccc([N+]#[C-])cc4)ccc2n3-c2cc(-c3nc(-c4ccccc4)nc(-c4ccccc4)n3)ccc2-c2cccc(-n3c4ccc(-c5ccc(C#N)cc5)cc4c4cc(-c5ccc(C#N)cc5)ccc43)c2C#N)cc1. The first-order chi connectivity index (χ1) is 44.3. The highest BCUT2D eigenvalue weighted by molar-refractivity contribution is 6.14. The number of rotatable bonds is 10. The van der Waals surface area contributed by atoms with Gasteiger partial charge in [0.05, 0.1) is 75.4 Å². The summed E-state index contributed by atoms with van der Waals surface area (Å²) in [5.41, 5.74) is 19.4. The molecule has 90 heavy (non-hydrogen) atoms. The van der Waals surface area contributed by atoms with Crippen molar-refractivity contribution in [3.05, 3.63) is 306 Å². The summed E-state index contributed by atoms with van der Waals surface area (Å²) in [5, 5.41) is 35.1. The van der Waals surface area contributed by atoms with Crippen molar-refractivity contribution in [2.45, 2.75) is 0 Å². The number of nitrogens with zero attached hydrogens (tertiary/aromatic N) is 10. The van der Waals surface area contributed by atoms with E-state index in [9.17, 15) is 15.8 Å². The zero-order valence-corrected chi connectivity index (χ0v) is 47.9. The molecule has 0 fully saturated rings. The average Bonchev–Trinajstić information content (AvgIpc) is 1.62. The minimum absolute atomic E-state index is 0.451. The highest BCUT2D eigenvalue weighted by Gasteiger charge is 2.25. The van der Waals surface area contributed by atoms with Crippen molar-refractivity contribution < 1.29 is 0 Å². The molecule has 10 nitrogen and oxygen atoms in total. The van der Waals surface area contributed by atoms with Crippen LogP contribution in [0.25, 0.3) is 154 Å². The van der Waals surface area contributed by atoms with Crippen molar-refractivity contribution >= 4 is 55.0 Å². The summed E-state index contributed by atoms with van der Waals surface area (Å²) in [6, 6.07) is 95.5. The molecule has 0 spiro atoms. The molecule has 15 rings (SSSR count). The zero-order valence-electron chi connectivity index (χ0n) is 47.9. The van der Waals surface area contributed by atoms with Crippen LogP contribution in [0.4, 0.5) is 11.4 Å². The predicted octanol–water partition coefficient (Wildman–Crippen LogP) is 20.1. The molecule has 0 atom stereocenters. The van der Waals surface area contributed by atoms with Crippen LogP contribution in [0, 0.1) is 47.1 Å². The summed E-state index contributed by atoms with van der Waals surface area (Å²) >= 11 is 0. The van der Waals surface area contributed by atoms with Gasteiger partial charge in [0, 0.05) is 49.4 Å². The van der Waals surface area contributed by atoms with Crippen LogP contribution in [0.15, 0.2) is 267 Å². The molecule has 0 N–H and O–H groups in total. The lowest BCUT2D eigenvalue weighted by atomic mass is 9.95. The number of benzene rings is 12. The van der Waals surface area contributed by atoms with Gasteiger partial charge in [-0.2, -0.15) is 15.8 Å². The third-order valence-corrected chi connectivity index (χ3v) is 16.8. The van der Waals surface area contributed by atoms with Crippen LogP contribution in [0.3, 0.4) is 0 Å². The Morgan fingerprint density at radius 3 is 1.02 bits per heavy atom. The second-order valence-corrected chi connectivity index (χ2v) is 21.9. The van der Waals surface area contributed by atoms with E-state index < -0.39 is 0 Å². The molecule has 0 bridgehead atoms. The normalized spacial score (nSPS) is 11.1. The van der Waals surface area contributed by atoms with Crippen LogP contribution < -0.4 is 0 Å². The number of fused-ring (bicyclic) bond motifs is 6. The molecule has 0 saturated heterocycles. The summed E-state index contributed by atoms with van der Waals surface area (Å²) in [6.07, 6.45) is 0. The standard InChI is InChI=1S/C80H44N10/c1-84-63-33-24-54(25-34-63)60-31-40-75-69(44-60)70-45-61(55-26-35-64(85-2)36-27-55)32-41-76(70)90(75)77-46-62(80-87-78(56-10-5-3-6-11-56)86-79(88-80)57-12-7-4-8-13-57)28-37-66(77)65-14-9-15-72(71(65)49-83)89-73-38-29-58(52-20-16-50(47-81)17-21-52)42-67(73)68-43-59(30-39-74(68)89)53-22-18-51(48-82)19-23-53/h3-46H. The van der Waals surface area contributed by atoms with Crippen molar-refractivity contribution in [3.8, 4) is 119 Å². The van der Waals surface area contributed by atoms with E-state index in [1.807, 2.05) is 182 Å². The van der Waals surface area contributed by atoms with Gasteiger partial charge in [0.25, 0.3) is 0 Å². The molecule has 0 aliphatic rings. The summed E-state index contributed by atoms with van der Waals surface area (Å²) < 4.78 is 4.47. The molecule has 0 amide bonds. The molecule has 0 unspecified atom stereocenters. The van der Waals surface area contributed by atoms with Gasteiger partial charge in [-0.25, -0.2) is 24.6 Å². The summed E-state index contributed by atoms with van der Waals surface area (Å²) in [7, 11) is 0. The number of hydrogen-bond donors (Lipinski definition) is 0. The topological polar surface area (TPSA) is 129 Å². The Kier molecular flexibility index (Phi) is 13.2. The quantitative estimate of drug-likeness (QED) is 0.125. The molecule has 3 aromatic heterocycles. The Hall–Kier alpha value is -13.3. The minimum Gasteiger partial charge on any atom is -0.309 e. The zero-order chi connectivity index (χ0) is 60.8. The monoisotopic (exact) mass is 1140 g/mol. The Morgan fingerprint density at radius 1 is 0.289 bits per heavy atom. The molecule has 12 aromatic carbocycles. The Balaban J connectivity index is 0.994. The molecule has 0 radical (unpaired) electrons. The molecule has 0 aliphatic carbocycles. The van der Waals surface area contributed by atoms with Gasteiger partial charge >= 0.3 is 0 Å². The summed E-state index contributed by atoms with van der Waals surface area (Å²) in [6.45, 7) is 15.3. The highest BCUT2D eigenvalue weighted by Crippen LogP contribution is 2.45. The van der Waals surface area contributed by atoms with Gasteiger partial charge in [0.2, 0.25) is 0 Å². The van der Waals surface area contributed by atoms with E-state index in [2.05, 4.69) is 122 Å². The fraction of sp³-hybridized carbons (Fsp3) is 0. The fourth-order valence-corrected chi connectivity index (χ4v) is 12.3. The van der Waals surface area contributed by atoms with Gasteiger partial charge < -0.3 is 9.13 Å². The van der Waals surface area contributed by atoms with Crippen molar-refractivity contribution in [1.82, 2.24) is 24.1 Å². The lowest BCUT2D eigenvalue weighted by molar-refractivity contribution is 1.07. The fourth-order valence-electron chi connectivity index (χ4n) is 12.3. The van der Waals surface area contributed by atoms with E-state index in [4.69, 9.17) is 28.1 Å². The van der Waals surface area contributed by atoms with Crippen molar-refractivity contribution in [1.29, 1.82) is 15.8 Å². The van der Waals surface area contributed by atoms with Gasteiger partial charge in [0.15, 0.2) is 28.8 Å². The molecule has 15 aromatic rings. The van der Waals surface area contributed by atoms with Crippen LogP contribution >= 0.6 is 0 Å². The second kappa shape index (κ2) is 22.3. The van der Waals surface area contributed by atoms with Crippen LogP contribution in [-0.2, 0) is 0 Å². The van der Waals surface area contributed by atoms with Crippen LogP contribution in [0.2, 0.25) is 0 Å². The molecular weight excluding hydrogens is 1100 g/mol. The van der Waals surface area contributed by atoms with Gasteiger partial charge in [-0.1, -0.05) is 182 Å². The van der Waals surface area contributed by atoms with E-state index in [-0.39, 0.29) is 0 Å². The third kappa shape index (κ3) is 9.41. The van der Waals surface area contributed by atoms with E-state index in [0.717, 1.165) is 116 Å². The van der Waals surface area contributed by atoms with Gasteiger partial charge in [-0.05, 0) is 129 Å². The van der Waals surface area contributed by atoms with Crippen molar-refractivity contribution in [2.24, 2.45) is 0 Å². The summed E-state index contributed by atoms with van der Waals surface area (Å²) in [5.74, 6) is 1.51. The first-order valence-electron chi connectivity index (χ1n) is 29.0. The van der Waals surface area contributed by atoms with Crippen LogP contribution in [-0.4, -0.2) is 24.1 Å². The molecule has 414 valence electrons. The van der Waals surface area contributed by atoms with E-state index in [0.29, 0.717) is 56.8 Å². The first-order valence-corrected chi connectivity index (χ1v) is 29.0. The number of hydrogen-bond acceptors (Lipinski definition) is 6. The molecular formula is C80H44N10. The number of nitriles is 3. The van der Waals surface area contributed by atoms with Gasteiger partial charge in [-0.3, -0.25) is 0 Å². The maximum Gasteiger partial charge on any atom is 0.187 e. The Labute approximate surface area is 517 Å². The second-order valence-electron chi connectivity index (χ2n) is 21.9. The van der Waals surface area contributed by atoms with E-state index in [1.165, 1.54) is 0 Å². The van der Waals surface area contributed by atoms with Crippen LogP contribution in [0.1, 0.15) is 16.7 Å². The van der Waals surface area contributed by atoms with E-state index in [1.54, 1.807) is 0 Å². The summed E-state index contributed by atoms with van der Waals surface area (Å²) in [4.78, 5) is 22.8. The van der Waals surface area contributed by atoms with Crippen molar-refractivity contribution in [3.63, 3.8) is 0 Å². The number of aromatic nitrogens is 5. The predicted molar refractivity (Wildman–Crippen MR) is 359 cm³/mol. The lowest BCUT2D eigenvalue weighted by Gasteiger charge is -2.19. The highest BCUT2D eigenvalue weighted by atomic mass is 15.0. The van der Waals surface area contributed by atoms with Crippen LogP contribution in [0.5, 0.6) is 0 Å². The maximum absolute atomic E-state index is 11.9. The molecule has 10 heteroatoms. The Bertz CT molecular complexity index is 5330. The molecule has 3 heterocycles. The third-order valence-electron chi connectivity index (χ3n) is 16.8. The van der Waals surface area contributed by atoms with E-state index >= 15 is 0 Å². The average molecular weight is 1150 g/mol. The maximum atomic E-state index is 11.9. The lowest BCUT2D eigenvalue weighted by Crippen LogP contribution is -2.04.